The Morgan fingerprint density at radius 2 is 1.92 bits per heavy atom. The first kappa shape index (κ1) is 16.0. The number of rotatable bonds is 2. The van der Waals surface area contributed by atoms with Crippen LogP contribution in [0, 0.1) is 5.82 Å². The highest BCUT2D eigenvalue weighted by Gasteiger charge is 2.32. The maximum atomic E-state index is 13.2. The molecule has 2 amide bonds. The van der Waals surface area contributed by atoms with Crippen LogP contribution < -0.4 is 5.32 Å². The molecule has 2 aromatic carbocycles. The summed E-state index contributed by atoms with van der Waals surface area (Å²) in [7, 11) is 1.56. The van der Waals surface area contributed by atoms with Gasteiger partial charge in [-0.2, -0.15) is 0 Å². The zero-order valence-electron chi connectivity index (χ0n) is 13.1. The van der Waals surface area contributed by atoms with Crippen molar-refractivity contribution in [1.82, 2.24) is 10.2 Å². The molecule has 2 N–H and O–H groups in total. The Labute approximate surface area is 138 Å². The third kappa shape index (κ3) is 2.82. The van der Waals surface area contributed by atoms with Gasteiger partial charge in [0.15, 0.2) is 0 Å². The fourth-order valence-corrected chi connectivity index (χ4v) is 3.12. The van der Waals surface area contributed by atoms with Crippen molar-refractivity contribution in [3.05, 3.63) is 70.5 Å². The van der Waals surface area contributed by atoms with Crippen LogP contribution in [-0.2, 0) is 6.42 Å². The second-order valence-electron chi connectivity index (χ2n) is 5.67. The Bertz CT molecular complexity index is 789. The van der Waals surface area contributed by atoms with Crippen molar-refractivity contribution in [2.75, 3.05) is 13.6 Å². The van der Waals surface area contributed by atoms with Crippen LogP contribution in [0.3, 0.4) is 0 Å². The van der Waals surface area contributed by atoms with E-state index < -0.39 is 12.1 Å². The molecule has 1 heterocycles. The van der Waals surface area contributed by atoms with E-state index in [9.17, 15) is 19.1 Å². The lowest BCUT2D eigenvalue weighted by molar-refractivity contribution is 0.0962. The summed E-state index contributed by atoms with van der Waals surface area (Å²) in [6, 6.07) is 10.6. The van der Waals surface area contributed by atoms with Crippen molar-refractivity contribution in [3.8, 4) is 0 Å². The normalized spacial score (nSPS) is 16.4. The van der Waals surface area contributed by atoms with Crippen molar-refractivity contribution in [3.63, 3.8) is 0 Å². The minimum Gasteiger partial charge on any atom is -0.465 e. The quantitative estimate of drug-likeness (QED) is 0.890. The van der Waals surface area contributed by atoms with Gasteiger partial charge in [-0.3, -0.25) is 9.69 Å². The number of nitrogens with zero attached hydrogens (tertiary/aromatic N) is 1. The van der Waals surface area contributed by atoms with Crippen molar-refractivity contribution in [1.29, 1.82) is 0 Å². The minimum absolute atomic E-state index is 0.184. The van der Waals surface area contributed by atoms with E-state index in [1.807, 2.05) is 0 Å². The summed E-state index contributed by atoms with van der Waals surface area (Å²) in [5.41, 5.74) is 3.00. The lowest BCUT2D eigenvalue weighted by Crippen LogP contribution is -2.39. The van der Waals surface area contributed by atoms with Gasteiger partial charge in [-0.05, 0) is 47.4 Å². The van der Waals surface area contributed by atoms with Gasteiger partial charge < -0.3 is 10.4 Å². The Morgan fingerprint density at radius 1 is 1.21 bits per heavy atom. The van der Waals surface area contributed by atoms with Crippen LogP contribution in [0.25, 0.3) is 0 Å². The summed E-state index contributed by atoms with van der Waals surface area (Å²) in [5.74, 6) is -0.552. The second-order valence-corrected chi connectivity index (χ2v) is 5.67. The molecule has 0 radical (unpaired) electrons. The largest absolute Gasteiger partial charge is 0.465 e. The molecule has 6 heteroatoms. The molecule has 24 heavy (non-hydrogen) atoms. The number of amides is 2. The maximum Gasteiger partial charge on any atom is 0.408 e. The molecule has 0 fully saturated rings. The van der Waals surface area contributed by atoms with Crippen molar-refractivity contribution >= 4 is 12.0 Å². The average Bonchev–Trinajstić information content (AvgIpc) is 2.60. The van der Waals surface area contributed by atoms with Crippen LogP contribution in [-0.4, -0.2) is 35.6 Å². The summed E-state index contributed by atoms with van der Waals surface area (Å²) >= 11 is 0. The van der Waals surface area contributed by atoms with Crippen LogP contribution in [0.2, 0.25) is 0 Å². The van der Waals surface area contributed by atoms with Crippen LogP contribution in [0.1, 0.15) is 33.1 Å². The SMILES string of the molecule is CNC(=O)c1ccc2c(c1)CCN(C(=O)O)C2c1ccc(F)cc1. The van der Waals surface area contributed by atoms with E-state index in [-0.39, 0.29) is 11.7 Å². The first-order chi connectivity index (χ1) is 11.5. The predicted octanol–water partition coefficient (Wildman–Crippen LogP) is 2.81. The molecule has 0 saturated heterocycles. The van der Waals surface area contributed by atoms with Gasteiger partial charge in [0.2, 0.25) is 0 Å². The third-order valence-electron chi connectivity index (χ3n) is 4.29. The molecule has 0 aromatic heterocycles. The zero-order chi connectivity index (χ0) is 17.3. The average molecular weight is 328 g/mol. The van der Waals surface area contributed by atoms with Crippen molar-refractivity contribution < 1.29 is 19.1 Å². The molecule has 124 valence electrons. The molecule has 0 saturated carbocycles. The molecular weight excluding hydrogens is 311 g/mol. The highest BCUT2D eigenvalue weighted by atomic mass is 19.1. The van der Waals surface area contributed by atoms with Crippen LogP contribution in [0.15, 0.2) is 42.5 Å². The number of carboxylic acid groups (broad SMARTS) is 1. The molecule has 0 spiro atoms. The van der Waals surface area contributed by atoms with Gasteiger partial charge in [0, 0.05) is 19.2 Å². The zero-order valence-corrected chi connectivity index (χ0v) is 13.1. The van der Waals surface area contributed by atoms with E-state index in [0.29, 0.717) is 24.1 Å². The van der Waals surface area contributed by atoms with Gasteiger partial charge in [-0.25, -0.2) is 9.18 Å². The Balaban J connectivity index is 2.09. The van der Waals surface area contributed by atoms with E-state index in [1.54, 1.807) is 37.4 Å². The molecule has 5 nitrogen and oxygen atoms in total. The molecule has 1 atom stereocenters. The van der Waals surface area contributed by atoms with Crippen LogP contribution in [0.4, 0.5) is 9.18 Å². The Kier molecular flexibility index (Phi) is 4.20. The number of carbonyl (C=O) groups excluding carboxylic acids is 1. The smallest absolute Gasteiger partial charge is 0.408 e. The van der Waals surface area contributed by atoms with Gasteiger partial charge in [-0.15, -0.1) is 0 Å². The number of benzene rings is 2. The van der Waals surface area contributed by atoms with E-state index in [0.717, 1.165) is 11.1 Å². The number of hydrogen-bond acceptors (Lipinski definition) is 2. The monoisotopic (exact) mass is 328 g/mol. The van der Waals surface area contributed by atoms with Crippen LogP contribution in [0.5, 0.6) is 0 Å². The van der Waals surface area contributed by atoms with E-state index in [2.05, 4.69) is 5.32 Å². The van der Waals surface area contributed by atoms with E-state index >= 15 is 0 Å². The lowest BCUT2D eigenvalue weighted by atomic mass is 9.87. The molecule has 0 bridgehead atoms. The molecule has 2 aromatic rings. The standard InChI is InChI=1S/C18H17FN2O3/c1-20-17(22)13-4-7-15-12(10-13)8-9-21(18(23)24)16(15)11-2-5-14(19)6-3-11/h2-7,10,16H,8-9H2,1H3,(H,20,22)(H,23,24). The Hall–Kier alpha value is -2.89. The minimum atomic E-state index is -1.02. The summed E-state index contributed by atoms with van der Waals surface area (Å²) in [4.78, 5) is 24.8. The summed E-state index contributed by atoms with van der Waals surface area (Å²) in [6.07, 6.45) is -0.491. The molecule has 1 aliphatic rings. The molecular formula is C18H17FN2O3. The van der Waals surface area contributed by atoms with Gasteiger partial charge in [0.25, 0.3) is 5.91 Å². The fourth-order valence-electron chi connectivity index (χ4n) is 3.12. The van der Waals surface area contributed by atoms with Gasteiger partial charge in [0.1, 0.15) is 5.82 Å². The molecule has 1 unspecified atom stereocenters. The summed E-state index contributed by atoms with van der Waals surface area (Å²) in [5, 5.41) is 12.1. The molecule has 1 aliphatic heterocycles. The predicted molar refractivity (Wildman–Crippen MR) is 86.5 cm³/mol. The fraction of sp³-hybridized carbons (Fsp3) is 0.222. The van der Waals surface area contributed by atoms with E-state index in [4.69, 9.17) is 0 Å². The number of carbonyl (C=O) groups is 2. The van der Waals surface area contributed by atoms with Gasteiger partial charge >= 0.3 is 6.09 Å². The molecule has 3 rings (SSSR count). The molecule has 0 aliphatic carbocycles. The topological polar surface area (TPSA) is 69.6 Å². The number of hydrogen-bond donors (Lipinski definition) is 2. The maximum absolute atomic E-state index is 13.2. The number of halogens is 1. The number of nitrogens with one attached hydrogen (secondary N) is 1. The second kappa shape index (κ2) is 6.31. The summed E-state index contributed by atoms with van der Waals surface area (Å²) in [6.45, 7) is 0.321. The highest BCUT2D eigenvalue weighted by molar-refractivity contribution is 5.94. The summed E-state index contributed by atoms with van der Waals surface area (Å²) < 4.78 is 13.2. The van der Waals surface area contributed by atoms with Crippen LogP contribution >= 0.6 is 0 Å². The number of fused-ring (bicyclic) bond motifs is 1. The lowest BCUT2D eigenvalue weighted by Gasteiger charge is -2.36. The van der Waals surface area contributed by atoms with Crippen molar-refractivity contribution in [2.45, 2.75) is 12.5 Å². The van der Waals surface area contributed by atoms with Gasteiger partial charge in [-0.1, -0.05) is 18.2 Å². The highest BCUT2D eigenvalue weighted by Crippen LogP contribution is 2.35. The van der Waals surface area contributed by atoms with Gasteiger partial charge in [0.05, 0.1) is 6.04 Å². The first-order valence-electron chi connectivity index (χ1n) is 7.61. The van der Waals surface area contributed by atoms with Crippen molar-refractivity contribution in [2.24, 2.45) is 0 Å². The van der Waals surface area contributed by atoms with E-state index in [1.165, 1.54) is 17.0 Å². The third-order valence-corrected chi connectivity index (χ3v) is 4.29. The first-order valence-corrected chi connectivity index (χ1v) is 7.61. The Morgan fingerprint density at radius 3 is 2.54 bits per heavy atom.